The quantitative estimate of drug-likeness (QED) is 0.863. The van der Waals surface area contributed by atoms with E-state index >= 15 is 0 Å². The molecule has 3 rings (SSSR count). The van der Waals surface area contributed by atoms with Crippen molar-refractivity contribution in [1.82, 2.24) is 4.90 Å². The van der Waals surface area contributed by atoms with Crippen LogP contribution in [0.25, 0.3) is 0 Å². The summed E-state index contributed by atoms with van der Waals surface area (Å²) in [7, 11) is 2.19. The summed E-state index contributed by atoms with van der Waals surface area (Å²) < 4.78 is 5.76. The molecule has 110 valence electrons. The maximum atomic E-state index is 12.3. The molecule has 2 fully saturated rings. The Kier molecular flexibility index (Phi) is 4.10. The minimum atomic E-state index is -0.307. The Hall–Kier alpha value is -0.910. The average molecular weight is 294 g/mol. The molecule has 0 aliphatic carbocycles. The fraction of sp³-hybridized carbons (Fsp3) is 0.667. The van der Waals surface area contributed by atoms with E-state index in [0.717, 1.165) is 18.4 Å². The molecule has 1 aromatic rings. The highest BCUT2D eigenvalue weighted by atomic mass is 32.1. The number of fused-ring (bicyclic) bond motifs is 2. The van der Waals surface area contributed by atoms with Gasteiger partial charge in [-0.25, -0.2) is 0 Å². The Balaban J connectivity index is 1.62. The van der Waals surface area contributed by atoms with Crippen LogP contribution in [0.4, 0.5) is 0 Å². The zero-order valence-electron chi connectivity index (χ0n) is 11.8. The summed E-state index contributed by atoms with van der Waals surface area (Å²) in [6.45, 7) is 0.315. The number of hydrogen-bond donors (Lipinski definition) is 1. The van der Waals surface area contributed by atoms with Gasteiger partial charge in [0.1, 0.15) is 6.10 Å². The van der Waals surface area contributed by atoms with Gasteiger partial charge in [-0.2, -0.15) is 11.3 Å². The molecule has 3 atom stereocenters. The smallest absolute Gasteiger partial charge is 0.315 e. The highest BCUT2D eigenvalue weighted by Gasteiger charge is 2.40. The normalized spacial score (nSPS) is 31.2. The number of piperidine rings is 1. The Bertz CT molecular complexity index is 448. The highest BCUT2D eigenvalue weighted by molar-refractivity contribution is 7.08. The summed E-state index contributed by atoms with van der Waals surface area (Å²) in [6.07, 6.45) is 4.49. The molecule has 2 bridgehead atoms. The van der Waals surface area contributed by atoms with Crippen LogP contribution in [-0.4, -0.2) is 42.6 Å². The van der Waals surface area contributed by atoms with Crippen LogP contribution in [0.3, 0.4) is 0 Å². The van der Waals surface area contributed by atoms with Crippen LogP contribution in [0.1, 0.15) is 37.2 Å². The van der Waals surface area contributed by atoms with Crippen LogP contribution >= 0.6 is 11.3 Å². The van der Waals surface area contributed by atoms with Crippen molar-refractivity contribution in [2.45, 2.75) is 49.8 Å². The summed E-state index contributed by atoms with van der Waals surface area (Å²) in [6, 6.07) is 3.13. The molecule has 0 radical (unpaired) electrons. The molecule has 2 aliphatic heterocycles. The van der Waals surface area contributed by atoms with Crippen LogP contribution in [-0.2, 0) is 9.53 Å². The van der Waals surface area contributed by atoms with Gasteiger partial charge in [-0.1, -0.05) is 0 Å². The topological polar surface area (TPSA) is 55.6 Å². The van der Waals surface area contributed by atoms with Crippen LogP contribution in [0, 0.1) is 0 Å². The van der Waals surface area contributed by atoms with Gasteiger partial charge in [0.25, 0.3) is 0 Å². The number of thiophene rings is 1. The van der Waals surface area contributed by atoms with Crippen LogP contribution in [0.15, 0.2) is 16.8 Å². The van der Waals surface area contributed by atoms with Crippen molar-refractivity contribution >= 4 is 17.3 Å². The second kappa shape index (κ2) is 5.84. The van der Waals surface area contributed by atoms with E-state index in [2.05, 4.69) is 11.9 Å². The Morgan fingerprint density at radius 1 is 1.50 bits per heavy atom. The van der Waals surface area contributed by atoms with Crippen molar-refractivity contribution in [3.8, 4) is 0 Å². The molecule has 2 aliphatic rings. The van der Waals surface area contributed by atoms with E-state index in [1.807, 2.05) is 16.8 Å². The fourth-order valence-electron chi connectivity index (χ4n) is 3.55. The maximum absolute atomic E-state index is 12.3. The molecule has 0 spiro atoms. The van der Waals surface area contributed by atoms with Gasteiger partial charge in [0.15, 0.2) is 0 Å². The van der Waals surface area contributed by atoms with E-state index in [1.165, 1.54) is 12.8 Å². The molecule has 5 heteroatoms. The Morgan fingerprint density at radius 3 is 2.75 bits per heavy atom. The third-order valence-electron chi connectivity index (χ3n) is 4.80. The lowest BCUT2D eigenvalue weighted by molar-refractivity contribution is -0.154. The lowest BCUT2D eigenvalue weighted by atomic mass is 9.99. The lowest BCUT2D eigenvalue weighted by Crippen LogP contribution is -2.44. The summed E-state index contributed by atoms with van der Waals surface area (Å²) >= 11 is 1.59. The predicted molar refractivity (Wildman–Crippen MR) is 79.8 cm³/mol. The van der Waals surface area contributed by atoms with Gasteiger partial charge in [0.2, 0.25) is 0 Å². The largest absolute Gasteiger partial charge is 0.462 e. The third-order valence-corrected chi connectivity index (χ3v) is 5.51. The number of carbonyl (C=O) groups is 1. The van der Waals surface area contributed by atoms with Crippen LogP contribution < -0.4 is 5.73 Å². The molecule has 2 saturated heterocycles. The minimum Gasteiger partial charge on any atom is -0.462 e. The summed E-state index contributed by atoms with van der Waals surface area (Å²) in [5, 5.41) is 3.96. The number of esters is 1. The number of nitrogens with two attached hydrogens (primary N) is 1. The van der Waals surface area contributed by atoms with Crippen LogP contribution in [0.2, 0.25) is 0 Å². The van der Waals surface area contributed by atoms with E-state index in [-0.39, 0.29) is 18.0 Å². The number of nitrogens with zero attached hydrogens (tertiary/aromatic N) is 1. The third kappa shape index (κ3) is 2.62. The highest BCUT2D eigenvalue weighted by Crippen LogP contribution is 2.36. The molecule has 3 unspecified atom stereocenters. The van der Waals surface area contributed by atoms with Crippen LogP contribution in [0.5, 0.6) is 0 Å². The molecule has 20 heavy (non-hydrogen) atoms. The molecular weight excluding hydrogens is 272 g/mol. The van der Waals surface area contributed by atoms with Crippen molar-refractivity contribution < 1.29 is 9.53 Å². The first-order chi connectivity index (χ1) is 9.69. The Labute approximate surface area is 123 Å². The van der Waals surface area contributed by atoms with E-state index in [0.29, 0.717) is 18.6 Å². The van der Waals surface area contributed by atoms with Gasteiger partial charge in [-0.15, -0.1) is 0 Å². The van der Waals surface area contributed by atoms with Gasteiger partial charge >= 0.3 is 5.97 Å². The number of rotatable bonds is 4. The van der Waals surface area contributed by atoms with Gasteiger partial charge in [0.05, 0.1) is 5.92 Å². The number of carbonyl (C=O) groups excluding carboxylic acids is 1. The van der Waals surface area contributed by atoms with E-state index in [9.17, 15) is 4.79 Å². The monoisotopic (exact) mass is 294 g/mol. The van der Waals surface area contributed by atoms with Crippen molar-refractivity contribution in [1.29, 1.82) is 0 Å². The standard InChI is InChI=1S/C15H22N2O2S/c1-17-11-2-3-12(17)7-13(6-11)19-15(18)14(8-16)10-4-5-20-9-10/h4-5,9,11-14H,2-3,6-8,16H2,1H3. The minimum absolute atomic E-state index is 0.0730. The molecule has 2 N–H and O–H groups in total. The molecule has 1 aromatic heterocycles. The molecule has 3 heterocycles. The number of hydrogen-bond acceptors (Lipinski definition) is 5. The lowest BCUT2D eigenvalue weighted by Gasteiger charge is -2.36. The zero-order valence-corrected chi connectivity index (χ0v) is 12.6. The molecule has 0 aromatic carbocycles. The first kappa shape index (κ1) is 14.0. The second-order valence-electron chi connectivity index (χ2n) is 5.93. The molecule has 4 nitrogen and oxygen atoms in total. The molecular formula is C15H22N2O2S. The Morgan fingerprint density at radius 2 is 2.20 bits per heavy atom. The van der Waals surface area contributed by atoms with Gasteiger partial charge in [0, 0.05) is 18.6 Å². The summed E-state index contributed by atoms with van der Waals surface area (Å²) in [5.41, 5.74) is 6.74. The first-order valence-corrected chi connectivity index (χ1v) is 8.28. The van der Waals surface area contributed by atoms with Gasteiger partial charge in [-0.3, -0.25) is 4.79 Å². The predicted octanol–water partition coefficient (Wildman–Crippen LogP) is 1.96. The fourth-order valence-corrected chi connectivity index (χ4v) is 4.26. The maximum Gasteiger partial charge on any atom is 0.315 e. The van der Waals surface area contributed by atoms with Gasteiger partial charge < -0.3 is 15.4 Å². The zero-order chi connectivity index (χ0) is 14.1. The van der Waals surface area contributed by atoms with Gasteiger partial charge in [-0.05, 0) is 55.1 Å². The molecule has 0 saturated carbocycles. The van der Waals surface area contributed by atoms with Crippen molar-refractivity contribution in [2.24, 2.45) is 5.73 Å². The first-order valence-electron chi connectivity index (χ1n) is 7.33. The molecule has 0 amide bonds. The van der Waals surface area contributed by atoms with E-state index < -0.39 is 0 Å². The van der Waals surface area contributed by atoms with Crippen molar-refractivity contribution in [3.63, 3.8) is 0 Å². The van der Waals surface area contributed by atoms with Crippen molar-refractivity contribution in [3.05, 3.63) is 22.4 Å². The second-order valence-corrected chi connectivity index (χ2v) is 6.71. The SMILES string of the molecule is CN1C2CCC1CC(OC(=O)C(CN)c1ccsc1)C2. The van der Waals surface area contributed by atoms with E-state index in [4.69, 9.17) is 10.5 Å². The summed E-state index contributed by atoms with van der Waals surface area (Å²) in [5.74, 6) is -0.460. The summed E-state index contributed by atoms with van der Waals surface area (Å²) in [4.78, 5) is 14.8. The van der Waals surface area contributed by atoms with E-state index in [1.54, 1.807) is 11.3 Å². The van der Waals surface area contributed by atoms with Crippen molar-refractivity contribution in [2.75, 3.05) is 13.6 Å². The average Bonchev–Trinajstić information content (AvgIpc) is 2.99. The number of ether oxygens (including phenoxy) is 1.